The van der Waals surface area contributed by atoms with E-state index < -0.39 is 0 Å². The van der Waals surface area contributed by atoms with Crippen LogP contribution in [-0.2, 0) is 24.0 Å². The number of anilines is 10. The first-order chi connectivity index (χ1) is 62.5. The largest absolute Gasteiger partial charge is 0.457 e. The Morgan fingerprint density at radius 3 is 0.648 bits per heavy atom. The van der Waals surface area contributed by atoms with Crippen molar-refractivity contribution in [2.45, 2.75) is 27.7 Å². The number of carbonyl (C=O) groups is 5. The summed E-state index contributed by atoms with van der Waals surface area (Å²) in [4.78, 5) is 97.2. The van der Waals surface area contributed by atoms with Gasteiger partial charge in [0.2, 0.25) is 0 Å². The summed E-state index contributed by atoms with van der Waals surface area (Å²) in [5.74, 6) is 0.900. The molecule has 5 aliphatic rings. The van der Waals surface area contributed by atoms with E-state index in [1.54, 1.807) is 36.6 Å². The van der Waals surface area contributed by atoms with E-state index in [0.29, 0.717) is 61.4 Å². The maximum atomic E-state index is 13.2. The van der Waals surface area contributed by atoms with Gasteiger partial charge in [-0.15, -0.1) is 0 Å². The number of carbonyl (C=O) groups excluding carboxylic acids is 5. The molecule has 620 valence electrons. The Hall–Kier alpha value is -16.4. The molecule has 0 saturated carbocycles. The topological polar surface area (TPSA) is 173 Å². The fourth-order valence-corrected chi connectivity index (χ4v) is 15.9. The molecular weight excluding hydrogens is 1630 g/mol. The Balaban J connectivity index is 0.000000113. The minimum atomic E-state index is -0.134. The SMILES string of the molecule is Cc1cc(Cl)cc(N=C2C(=O)N(c3ccccc3)c3ccccc32)c1.Cc1cc(Cl)cc(N=C2C(=O)N(c3ccccc3)c3ccccc32)c1.Cc1ccc(N=C2C(=O)N(c3ccccc3)c3ccccc32)cc1.Cc1ccc(N=C2C(=O)N(c3ccccc3)c3ccccc32)cc1.O=C1C(=Nc2ccc(Oc3ccccc3)cc2)c2ccccc2N1c1ccccc1. The highest BCUT2D eigenvalue weighted by molar-refractivity contribution is 6.59. The summed E-state index contributed by atoms with van der Waals surface area (Å²) in [6.07, 6.45) is 0. The van der Waals surface area contributed by atoms with Gasteiger partial charge in [-0.3, -0.25) is 48.5 Å². The number of ether oxygens (including phenoxy) is 1. The zero-order valence-corrected chi connectivity index (χ0v) is 71.4. The van der Waals surface area contributed by atoms with Crippen molar-refractivity contribution in [2.24, 2.45) is 25.0 Å². The fourth-order valence-electron chi connectivity index (χ4n) is 15.4. The van der Waals surface area contributed by atoms with Crippen molar-refractivity contribution < 1.29 is 28.7 Å². The summed E-state index contributed by atoms with van der Waals surface area (Å²) in [5, 5.41) is 1.22. The van der Waals surface area contributed by atoms with Crippen LogP contribution in [0.1, 0.15) is 50.1 Å². The van der Waals surface area contributed by atoms with Crippen molar-refractivity contribution in [3.8, 4) is 11.5 Å². The van der Waals surface area contributed by atoms with E-state index >= 15 is 0 Å². The van der Waals surface area contributed by atoms with Crippen molar-refractivity contribution in [3.05, 3.63) is 473 Å². The first kappa shape index (κ1) is 83.8. The molecule has 21 rings (SSSR count). The summed E-state index contributed by atoms with van der Waals surface area (Å²) in [6, 6.07) is 131. The number of fused-ring (bicyclic) bond motifs is 5. The van der Waals surface area contributed by atoms with Crippen LogP contribution in [0.2, 0.25) is 10.0 Å². The third kappa shape index (κ3) is 18.5. The average Bonchev–Trinajstić information content (AvgIpc) is 1.63. The number of hydrogen-bond donors (Lipinski definition) is 0. The highest BCUT2D eigenvalue weighted by atomic mass is 35.5. The molecule has 0 fully saturated rings. The molecule has 5 heterocycles. The molecule has 0 bridgehead atoms. The van der Waals surface area contributed by atoms with E-state index in [4.69, 9.17) is 27.9 Å². The third-order valence-electron chi connectivity index (χ3n) is 21.2. The molecule has 0 aromatic heterocycles. The van der Waals surface area contributed by atoms with Crippen LogP contribution >= 0.6 is 23.2 Å². The Morgan fingerprint density at radius 2 is 0.406 bits per heavy atom. The quantitative estimate of drug-likeness (QED) is 0.118. The Kier molecular flexibility index (Phi) is 25.0. The molecule has 0 N–H and O–H groups in total. The minimum Gasteiger partial charge on any atom is -0.457 e. The van der Waals surface area contributed by atoms with Crippen LogP contribution in [0, 0.1) is 27.7 Å². The number of benzene rings is 16. The van der Waals surface area contributed by atoms with E-state index in [9.17, 15) is 24.0 Å². The van der Waals surface area contributed by atoms with Crippen molar-refractivity contribution in [2.75, 3.05) is 24.5 Å². The molecule has 16 aromatic rings. The monoisotopic (exact) mass is 1710 g/mol. The number of hydrogen-bond acceptors (Lipinski definition) is 11. The first-order valence-corrected chi connectivity index (χ1v) is 42.2. The van der Waals surface area contributed by atoms with Gasteiger partial charge in [0.15, 0.2) is 0 Å². The molecule has 0 aliphatic carbocycles. The highest BCUT2D eigenvalue weighted by Gasteiger charge is 2.40. The van der Waals surface area contributed by atoms with Crippen molar-refractivity contribution in [1.82, 2.24) is 0 Å². The van der Waals surface area contributed by atoms with E-state index in [1.165, 1.54) is 11.1 Å². The molecule has 16 aromatic carbocycles. The number of aryl methyl sites for hydroxylation is 4. The molecule has 18 heteroatoms. The second kappa shape index (κ2) is 38.2. The second-order valence-electron chi connectivity index (χ2n) is 30.3. The van der Waals surface area contributed by atoms with E-state index in [-0.39, 0.29) is 29.5 Å². The number of halogens is 2. The average molecular weight is 1710 g/mol. The predicted molar refractivity (Wildman–Crippen MR) is 519 cm³/mol. The molecule has 5 aliphatic heterocycles. The maximum absolute atomic E-state index is 13.2. The van der Waals surface area contributed by atoms with Crippen molar-refractivity contribution in [1.29, 1.82) is 0 Å². The molecule has 0 radical (unpaired) electrons. The molecule has 0 saturated heterocycles. The van der Waals surface area contributed by atoms with Gasteiger partial charge in [-0.25, -0.2) is 25.0 Å². The van der Waals surface area contributed by atoms with Crippen LogP contribution in [0.3, 0.4) is 0 Å². The standard InChI is InChI=1S/C26H18N2O2.2C21H15ClN2O.2C21H16N2O/c29-26-25(23-13-7-8-14-24(23)28(26)20-9-3-1-4-10-20)27-19-15-17-22(18-16-19)30-21-11-5-2-6-12-21;2*1-14-11-15(22)13-16(12-14)23-20-18-9-5-6-10-19(18)24(21(20)25)17-7-3-2-4-8-17;2*1-15-11-13-16(14-12-15)22-20-18-9-5-6-10-19(18)23(21(20)24)17-7-3-2-4-8-17/h1-18H;2*2-13H,1H3;2*2-14H,1H3. The lowest BCUT2D eigenvalue weighted by atomic mass is 10.1. The lowest BCUT2D eigenvalue weighted by molar-refractivity contribution is -0.112. The molecule has 16 nitrogen and oxygen atoms in total. The van der Waals surface area contributed by atoms with Gasteiger partial charge in [0.05, 0.1) is 56.9 Å². The van der Waals surface area contributed by atoms with Gasteiger partial charge in [0.25, 0.3) is 29.5 Å². The third-order valence-corrected chi connectivity index (χ3v) is 21.7. The van der Waals surface area contributed by atoms with Gasteiger partial charge in [-0.2, -0.15) is 0 Å². The normalized spacial score (nSPS) is 14.7. The minimum absolute atomic E-state index is 0.0945. The Morgan fingerprint density at radius 1 is 0.203 bits per heavy atom. The fraction of sp³-hybridized carbons (Fsp3) is 0.0364. The van der Waals surface area contributed by atoms with Crippen LogP contribution in [0.25, 0.3) is 0 Å². The van der Waals surface area contributed by atoms with Crippen LogP contribution in [0.5, 0.6) is 11.5 Å². The molecule has 0 spiro atoms. The highest BCUT2D eigenvalue weighted by Crippen LogP contribution is 2.43. The molecule has 5 amide bonds. The number of nitrogens with zero attached hydrogens (tertiary/aromatic N) is 10. The first-order valence-electron chi connectivity index (χ1n) is 41.4. The molecule has 0 unspecified atom stereocenters. The number of rotatable bonds is 12. The van der Waals surface area contributed by atoms with Gasteiger partial charge in [0, 0.05) is 66.3 Å². The van der Waals surface area contributed by atoms with Gasteiger partial charge in [0.1, 0.15) is 40.1 Å². The van der Waals surface area contributed by atoms with E-state index in [0.717, 1.165) is 113 Å². The van der Waals surface area contributed by atoms with E-state index in [1.807, 2.05) is 428 Å². The molecule has 0 atom stereocenters. The predicted octanol–water partition coefficient (Wildman–Crippen LogP) is 26.8. The van der Waals surface area contributed by atoms with Crippen LogP contribution in [0.4, 0.5) is 85.3 Å². The van der Waals surface area contributed by atoms with Gasteiger partial charge in [-0.05, 0) is 227 Å². The Bertz CT molecular complexity index is 6660. The molecular formula is C110H80Cl2N10O6. The van der Waals surface area contributed by atoms with E-state index in [2.05, 4.69) is 25.0 Å². The number of aliphatic imine (C=N–C) groups is 5. The number of amides is 5. The zero-order valence-electron chi connectivity index (χ0n) is 69.9. The smallest absolute Gasteiger partial charge is 0.282 e. The van der Waals surface area contributed by atoms with Gasteiger partial charge in [-0.1, -0.05) is 259 Å². The second-order valence-corrected chi connectivity index (χ2v) is 31.2. The Labute approximate surface area is 751 Å². The van der Waals surface area contributed by atoms with Crippen molar-refractivity contribution >= 4 is 167 Å². The van der Waals surface area contributed by atoms with Crippen LogP contribution < -0.4 is 29.2 Å². The van der Waals surface area contributed by atoms with Crippen LogP contribution in [-0.4, -0.2) is 58.1 Å². The summed E-state index contributed by atoms with van der Waals surface area (Å²) in [5.41, 5.74) is 22.9. The zero-order chi connectivity index (χ0) is 88.2. The summed E-state index contributed by atoms with van der Waals surface area (Å²) in [7, 11) is 0. The number of para-hydroxylation sites is 11. The summed E-state index contributed by atoms with van der Waals surface area (Å²) in [6.45, 7) is 7.97. The van der Waals surface area contributed by atoms with Crippen LogP contribution in [0.15, 0.2) is 437 Å². The molecule has 128 heavy (non-hydrogen) atoms. The summed E-state index contributed by atoms with van der Waals surface area (Å²) < 4.78 is 5.83. The lowest BCUT2D eigenvalue weighted by Gasteiger charge is -2.16. The maximum Gasteiger partial charge on any atom is 0.282 e. The van der Waals surface area contributed by atoms with Gasteiger partial charge >= 0.3 is 0 Å². The van der Waals surface area contributed by atoms with Gasteiger partial charge < -0.3 is 4.74 Å². The van der Waals surface area contributed by atoms with Crippen molar-refractivity contribution in [3.63, 3.8) is 0 Å². The summed E-state index contributed by atoms with van der Waals surface area (Å²) >= 11 is 12.3. The lowest BCUT2D eigenvalue weighted by Crippen LogP contribution is -2.25.